The van der Waals surface area contributed by atoms with Crippen LogP contribution in [0.25, 0.3) is 0 Å². The first-order valence-corrected chi connectivity index (χ1v) is 7.58. The third-order valence-corrected chi connectivity index (χ3v) is 3.65. The summed E-state index contributed by atoms with van der Waals surface area (Å²) in [5.74, 6) is -0.193. The monoisotopic (exact) mass is 306 g/mol. The highest BCUT2D eigenvalue weighted by molar-refractivity contribution is 7.99. The highest BCUT2D eigenvalue weighted by Gasteiger charge is 2.16. The van der Waals surface area contributed by atoms with Gasteiger partial charge in [-0.15, -0.1) is 11.8 Å². The van der Waals surface area contributed by atoms with Crippen LogP contribution in [0.1, 0.15) is 23.7 Å². The summed E-state index contributed by atoms with van der Waals surface area (Å²) in [4.78, 5) is 26.0. The Labute approximate surface area is 128 Å². The van der Waals surface area contributed by atoms with Crippen molar-refractivity contribution in [3.8, 4) is 6.07 Å². The molecule has 0 radical (unpaired) electrons. The van der Waals surface area contributed by atoms with Gasteiger partial charge in [0.2, 0.25) is 0 Å². The number of carbonyl (C=O) groups excluding carboxylic acids is 2. The normalized spacial score (nSPS) is 9.76. The topological polar surface area (TPSA) is 70.4 Å². The van der Waals surface area contributed by atoms with E-state index in [1.54, 1.807) is 26.1 Å². The molecule has 5 nitrogen and oxygen atoms in total. The minimum absolute atomic E-state index is 0.166. The quantitative estimate of drug-likeness (QED) is 0.571. The second kappa shape index (κ2) is 9.03. The first kappa shape index (κ1) is 17.1. The molecule has 0 heterocycles. The van der Waals surface area contributed by atoms with Crippen LogP contribution in [-0.4, -0.2) is 42.7 Å². The smallest absolute Gasteiger partial charge is 0.307 e. The van der Waals surface area contributed by atoms with Crippen molar-refractivity contribution in [2.75, 3.05) is 26.0 Å². The molecule has 112 valence electrons. The van der Waals surface area contributed by atoms with Crippen molar-refractivity contribution in [2.24, 2.45) is 0 Å². The summed E-state index contributed by atoms with van der Waals surface area (Å²) in [6, 6.07) is 9.19. The average molecular weight is 306 g/mol. The Morgan fingerprint density at radius 2 is 2.10 bits per heavy atom. The van der Waals surface area contributed by atoms with Crippen LogP contribution in [0.15, 0.2) is 29.2 Å². The van der Waals surface area contributed by atoms with Crippen molar-refractivity contribution in [1.29, 1.82) is 5.26 Å². The molecule has 0 saturated carbocycles. The lowest BCUT2D eigenvalue weighted by atomic mass is 10.2. The Bertz CT molecular complexity index is 540. The standard InChI is InChI=1S/C15H18N2O3S/c1-3-20-14(18)8-10-17(2)15(19)12-6-4-5-7-13(12)21-11-9-16/h4-7H,3,8,10-11H2,1-2H3. The number of thioether (sulfide) groups is 1. The van der Waals surface area contributed by atoms with Crippen molar-refractivity contribution >= 4 is 23.6 Å². The van der Waals surface area contributed by atoms with Crippen LogP contribution >= 0.6 is 11.8 Å². The van der Waals surface area contributed by atoms with Gasteiger partial charge < -0.3 is 9.64 Å². The van der Waals surface area contributed by atoms with Crippen molar-refractivity contribution in [1.82, 2.24) is 4.90 Å². The third-order valence-electron chi connectivity index (χ3n) is 2.71. The van der Waals surface area contributed by atoms with Crippen LogP contribution in [0.5, 0.6) is 0 Å². The number of carbonyl (C=O) groups is 2. The van der Waals surface area contributed by atoms with Gasteiger partial charge >= 0.3 is 5.97 Å². The maximum atomic E-state index is 12.4. The molecule has 0 aliphatic heterocycles. The molecule has 0 aliphatic rings. The number of hydrogen-bond donors (Lipinski definition) is 0. The summed E-state index contributed by atoms with van der Waals surface area (Å²) < 4.78 is 4.84. The number of rotatable bonds is 7. The second-order valence-electron chi connectivity index (χ2n) is 4.22. The lowest BCUT2D eigenvalue weighted by molar-refractivity contribution is -0.143. The molecule has 21 heavy (non-hydrogen) atoms. The van der Waals surface area contributed by atoms with Crippen molar-refractivity contribution in [3.63, 3.8) is 0 Å². The number of hydrogen-bond acceptors (Lipinski definition) is 5. The van der Waals surface area contributed by atoms with Gasteiger partial charge in [0.05, 0.1) is 30.4 Å². The Morgan fingerprint density at radius 3 is 2.76 bits per heavy atom. The summed E-state index contributed by atoms with van der Waals surface area (Å²) in [5.41, 5.74) is 0.545. The third kappa shape index (κ3) is 5.48. The molecule has 1 rings (SSSR count). The van der Waals surface area contributed by atoms with Gasteiger partial charge in [0.1, 0.15) is 0 Å². The maximum absolute atomic E-state index is 12.4. The summed E-state index contributed by atoms with van der Waals surface area (Å²) >= 11 is 1.33. The van der Waals surface area contributed by atoms with E-state index in [0.717, 1.165) is 4.90 Å². The first-order chi connectivity index (χ1) is 10.1. The van der Waals surface area contributed by atoms with Crippen molar-refractivity contribution < 1.29 is 14.3 Å². The molecule has 0 spiro atoms. The average Bonchev–Trinajstić information content (AvgIpc) is 2.50. The fraction of sp³-hybridized carbons (Fsp3) is 0.400. The molecule has 0 unspecified atom stereocenters. The molecule has 0 saturated heterocycles. The number of esters is 1. The van der Waals surface area contributed by atoms with Gasteiger partial charge in [-0.25, -0.2) is 0 Å². The summed E-state index contributed by atoms with van der Waals surface area (Å²) in [7, 11) is 1.65. The zero-order valence-corrected chi connectivity index (χ0v) is 13.0. The van der Waals surface area contributed by atoms with E-state index >= 15 is 0 Å². The zero-order valence-electron chi connectivity index (χ0n) is 12.2. The van der Waals surface area contributed by atoms with Gasteiger partial charge in [-0.3, -0.25) is 9.59 Å². The lowest BCUT2D eigenvalue weighted by Gasteiger charge is -2.18. The summed E-state index contributed by atoms with van der Waals surface area (Å²) in [6.45, 7) is 2.38. The van der Waals surface area contributed by atoms with Crippen molar-refractivity contribution in [3.05, 3.63) is 29.8 Å². The molecule has 0 aliphatic carbocycles. The molecule has 0 atom stereocenters. The number of nitriles is 1. The largest absolute Gasteiger partial charge is 0.466 e. The molecule has 6 heteroatoms. The maximum Gasteiger partial charge on any atom is 0.307 e. The van der Waals surface area contributed by atoms with Gasteiger partial charge in [0.15, 0.2) is 0 Å². The Morgan fingerprint density at radius 1 is 1.38 bits per heavy atom. The minimum Gasteiger partial charge on any atom is -0.466 e. The van der Waals surface area contributed by atoms with Gasteiger partial charge in [0, 0.05) is 18.5 Å². The van der Waals surface area contributed by atoms with Crippen LogP contribution < -0.4 is 0 Å². The molecule has 1 amide bonds. The van der Waals surface area contributed by atoms with Gasteiger partial charge in [0.25, 0.3) is 5.91 Å². The molecule has 1 aromatic carbocycles. The number of benzene rings is 1. The van der Waals surface area contributed by atoms with E-state index in [-0.39, 0.29) is 24.1 Å². The van der Waals surface area contributed by atoms with E-state index < -0.39 is 0 Å². The van der Waals surface area contributed by atoms with Crippen molar-refractivity contribution in [2.45, 2.75) is 18.2 Å². The van der Waals surface area contributed by atoms with E-state index in [2.05, 4.69) is 0 Å². The molecule has 0 bridgehead atoms. The molecule has 1 aromatic rings. The molecule has 0 aromatic heterocycles. The van der Waals surface area contributed by atoms with Gasteiger partial charge in [-0.1, -0.05) is 12.1 Å². The fourth-order valence-electron chi connectivity index (χ4n) is 1.68. The van der Waals surface area contributed by atoms with Crippen LogP contribution in [0.3, 0.4) is 0 Å². The Balaban J connectivity index is 2.69. The Hall–Kier alpha value is -2.00. The summed E-state index contributed by atoms with van der Waals surface area (Å²) in [6.07, 6.45) is 0.170. The van der Waals surface area contributed by atoms with Crippen LogP contribution in [0, 0.1) is 11.3 Å². The highest BCUT2D eigenvalue weighted by atomic mass is 32.2. The van der Waals surface area contributed by atoms with E-state index in [4.69, 9.17) is 10.00 Å². The predicted molar refractivity (Wildman–Crippen MR) is 81.0 cm³/mol. The Kier molecular flexibility index (Phi) is 7.33. The van der Waals surface area contributed by atoms with E-state index in [9.17, 15) is 9.59 Å². The first-order valence-electron chi connectivity index (χ1n) is 6.60. The number of amides is 1. The highest BCUT2D eigenvalue weighted by Crippen LogP contribution is 2.23. The number of ether oxygens (including phenoxy) is 1. The van der Waals surface area contributed by atoms with E-state index in [1.807, 2.05) is 18.2 Å². The van der Waals surface area contributed by atoms with E-state index in [0.29, 0.717) is 18.7 Å². The van der Waals surface area contributed by atoms with Crippen LogP contribution in [0.4, 0.5) is 0 Å². The van der Waals surface area contributed by atoms with Crippen LogP contribution in [0.2, 0.25) is 0 Å². The molecule has 0 fully saturated rings. The lowest BCUT2D eigenvalue weighted by Crippen LogP contribution is -2.29. The fourth-order valence-corrected chi connectivity index (χ4v) is 2.38. The predicted octanol–water partition coefficient (Wildman–Crippen LogP) is 2.33. The molecular weight excluding hydrogens is 288 g/mol. The van der Waals surface area contributed by atoms with Gasteiger partial charge in [-0.2, -0.15) is 5.26 Å². The van der Waals surface area contributed by atoms with Gasteiger partial charge in [-0.05, 0) is 19.1 Å². The van der Waals surface area contributed by atoms with E-state index in [1.165, 1.54) is 16.7 Å². The zero-order chi connectivity index (χ0) is 15.7. The van der Waals surface area contributed by atoms with Crippen LogP contribution in [-0.2, 0) is 9.53 Å². The molecular formula is C15H18N2O3S. The SMILES string of the molecule is CCOC(=O)CCN(C)C(=O)c1ccccc1SCC#N. The number of nitrogens with zero attached hydrogens (tertiary/aromatic N) is 2. The second-order valence-corrected chi connectivity index (χ2v) is 5.24. The molecule has 0 N–H and O–H groups in total. The minimum atomic E-state index is -0.315. The summed E-state index contributed by atoms with van der Waals surface area (Å²) in [5, 5.41) is 8.64.